The van der Waals surface area contributed by atoms with Gasteiger partial charge in [-0.3, -0.25) is 4.79 Å². The first-order chi connectivity index (χ1) is 11.6. The van der Waals surface area contributed by atoms with E-state index < -0.39 is 0 Å². The van der Waals surface area contributed by atoms with Crippen molar-refractivity contribution < 1.29 is 9.21 Å². The van der Waals surface area contributed by atoms with Gasteiger partial charge in [-0.15, -0.1) is 11.3 Å². The van der Waals surface area contributed by atoms with E-state index in [1.165, 1.54) is 16.9 Å². The molecule has 3 aromatic rings. The number of anilines is 1. The summed E-state index contributed by atoms with van der Waals surface area (Å²) in [5, 5.41) is 5.67. The van der Waals surface area contributed by atoms with Crippen LogP contribution >= 0.6 is 11.3 Å². The summed E-state index contributed by atoms with van der Waals surface area (Å²) < 4.78 is 5.06. The number of hydrogen-bond acceptors (Lipinski definition) is 5. The Kier molecular flexibility index (Phi) is 5.08. The Labute approximate surface area is 144 Å². The van der Waals surface area contributed by atoms with Gasteiger partial charge in [-0.2, -0.15) is 0 Å². The molecule has 2 heterocycles. The molecule has 0 spiro atoms. The lowest BCUT2D eigenvalue weighted by Crippen LogP contribution is -2.15. The van der Waals surface area contributed by atoms with Gasteiger partial charge in [-0.1, -0.05) is 12.1 Å². The third-order valence-electron chi connectivity index (χ3n) is 3.40. The van der Waals surface area contributed by atoms with Crippen LogP contribution in [-0.4, -0.2) is 29.9 Å². The highest BCUT2D eigenvalue weighted by molar-refractivity contribution is 7.13. The number of furan rings is 1. The van der Waals surface area contributed by atoms with Gasteiger partial charge in [0.15, 0.2) is 0 Å². The maximum atomic E-state index is 12.2. The Morgan fingerprint density at radius 2 is 2.04 bits per heavy atom. The maximum Gasteiger partial charge on any atom is 0.230 e. The van der Waals surface area contributed by atoms with E-state index in [0.29, 0.717) is 0 Å². The van der Waals surface area contributed by atoms with Crippen LogP contribution in [0.5, 0.6) is 0 Å². The summed E-state index contributed by atoms with van der Waals surface area (Å²) >= 11 is 1.51. The number of carbonyl (C=O) groups is 1. The fraction of sp³-hybridized carbons (Fsp3) is 0.222. The van der Waals surface area contributed by atoms with Crippen LogP contribution in [0.4, 0.5) is 5.69 Å². The lowest BCUT2D eigenvalue weighted by atomic mass is 10.2. The van der Waals surface area contributed by atoms with Crippen molar-refractivity contribution >= 4 is 22.9 Å². The van der Waals surface area contributed by atoms with Crippen molar-refractivity contribution in [1.82, 2.24) is 9.88 Å². The summed E-state index contributed by atoms with van der Waals surface area (Å²) in [7, 11) is 4.06. The molecule has 0 aliphatic carbocycles. The van der Waals surface area contributed by atoms with Crippen LogP contribution in [0.2, 0.25) is 0 Å². The molecule has 2 aromatic heterocycles. The molecule has 124 valence electrons. The molecular formula is C18H19N3O2S. The van der Waals surface area contributed by atoms with Gasteiger partial charge in [-0.25, -0.2) is 4.98 Å². The lowest BCUT2D eigenvalue weighted by molar-refractivity contribution is -0.115. The zero-order valence-corrected chi connectivity index (χ0v) is 14.5. The van der Waals surface area contributed by atoms with Gasteiger partial charge in [0.25, 0.3) is 0 Å². The Morgan fingerprint density at radius 1 is 1.25 bits per heavy atom. The largest absolute Gasteiger partial charge is 0.472 e. The Hall–Kier alpha value is -2.44. The molecular weight excluding hydrogens is 322 g/mol. The minimum Gasteiger partial charge on any atom is -0.472 e. The zero-order chi connectivity index (χ0) is 16.9. The Balaban J connectivity index is 1.57. The van der Waals surface area contributed by atoms with Crippen molar-refractivity contribution in [3.05, 3.63) is 59.5 Å². The quantitative estimate of drug-likeness (QED) is 0.743. The van der Waals surface area contributed by atoms with Crippen molar-refractivity contribution in [2.75, 3.05) is 19.4 Å². The first-order valence-corrected chi connectivity index (χ1v) is 8.48. The molecule has 0 fully saturated rings. The van der Waals surface area contributed by atoms with E-state index in [9.17, 15) is 4.79 Å². The molecule has 1 aromatic carbocycles. The summed E-state index contributed by atoms with van der Waals surface area (Å²) in [6.45, 7) is 0.879. The van der Waals surface area contributed by atoms with Crippen molar-refractivity contribution in [3.8, 4) is 10.6 Å². The minimum atomic E-state index is -0.0700. The molecule has 6 heteroatoms. The van der Waals surface area contributed by atoms with Crippen LogP contribution in [-0.2, 0) is 17.8 Å². The lowest BCUT2D eigenvalue weighted by Gasteiger charge is -2.10. The minimum absolute atomic E-state index is 0.0700. The monoisotopic (exact) mass is 341 g/mol. The van der Waals surface area contributed by atoms with Crippen LogP contribution in [0.3, 0.4) is 0 Å². The molecule has 0 atom stereocenters. The molecule has 3 rings (SSSR count). The van der Waals surface area contributed by atoms with Gasteiger partial charge in [0.05, 0.1) is 18.4 Å². The van der Waals surface area contributed by atoms with Gasteiger partial charge >= 0.3 is 0 Å². The number of amides is 1. The first kappa shape index (κ1) is 16.4. The highest BCUT2D eigenvalue weighted by Gasteiger charge is 2.10. The second kappa shape index (κ2) is 7.42. The molecule has 5 nitrogen and oxygen atoms in total. The molecule has 0 unspecified atom stereocenters. The van der Waals surface area contributed by atoms with Crippen LogP contribution in [0.1, 0.15) is 11.3 Å². The molecule has 0 saturated heterocycles. The number of benzene rings is 1. The topological polar surface area (TPSA) is 58.4 Å². The van der Waals surface area contributed by atoms with E-state index in [1.54, 1.807) is 12.5 Å². The van der Waals surface area contributed by atoms with Crippen molar-refractivity contribution in [2.45, 2.75) is 13.0 Å². The molecule has 1 N–H and O–H groups in total. The standard InChI is InChI=1S/C18H19N3O2S/c1-21(2)10-13-3-5-15(6-4-13)19-17(22)9-16-12-24-18(20-16)14-7-8-23-11-14/h3-8,11-12H,9-10H2,1-2H3,(H,19,22). The third-order valence-corrected chi connectivity index (χ3v) is 4.34. The third kappa shape index (κ3) is 4.31. The number of thiazole rings is 1. The van der Waals surface area contributed by atoms with Crippen LogP contribution in [0.15, 0.2) is 52.7 Å². The van der Waals surface area contributed by atoms with E-state index in [4.69, 9.17) is 4.42 Å². The van der Waals surface area contributed by atoms with Crippen LogP contribution in [0.25, 0.3) is 10.6 Å². The first-order valence-electron chi connectivity index (χ1n) is 7.60. The van der Waals surface area contributed by atoms with Gasteiger partial charge in [0.1, 0.15) is 11.3 Å². The van der Waals surface area contributed by atoms with Gasteiger partial charge < -0.3 is 14.6 Å². The van der Waals surface area contributed by atoms with E-state index in [0.717, 1.165) is 28.5 Å². The number of nitrogens with zero attached hydrogens (tertiary/aromatic N) is 2. The number of aromatic nitrogens is 1. The Morgan fingerprint density at radius 3 is 2.71 bits per heavy atom. The molecule has 0 aliphatic heterocycles. The molecule has 1 amide bonds. The maximum absolute atomic E-state index is 12.2. The number of nitrogens with one attached hydrogen (secondary N) is 1. The van der Waals surface area contributed by atoms with E-state index in [2.05, 4.69) is 15.2 Å². The molecule has 24 heavy (non-hydrogen) atoms. The fourth-order valence-electron chi connectivity index (χ4n) is 2.34. The number of rotatable bonds is 6. The summed E-state index contributed by atoms with van der Waals surface area (Å²) in [5.74, 6) is -0.0700. The summed E-state index contributed by atoms with van der Waals surface area (Å²) in [6.07, 6.45) is 3.52. The predicted octanol–water partition coefficient (Wildman–Crippen LogP) is 3.65. The van der Waals surface area contributed by atoms with Crippen molar-refractivity contribution in [2.24, 2.45) is 0 Å². The van der Waals surface area contributed by atoms with Crippen LogP contribution < -0.4 is 5.32 Å². The van der Waals surface area contributed by atoms with Crippen LogP contribution in [0, 0.1) is 0 Å². The second-order valence-corrected chi connectivity index (χ2v) is 6.67. The smallest absolute Gasteiger partial charge is 0.230 e. The van der Waals surface area contributed by atoms with E-state index in [-0.39, 0.29) is 12.3 Å². The SMILES string of the molecule is CN(C)Cc1ccc(NC(=O)Cc2csc(-c3ccoc3)n2)cc1. The average Bonchev–Trinajstić information content (AvgIpc) is 3.19. The molecule has 0 aliphatic rings. The van der Waals surface area contributed by atoms with Gasteiger partial charge in [0.2, 0.25) is 5.91 Å². The second-order valence-electron chi connectivity index (χ2n) is 5.82. The van der Waals surface area contributed by atoms with Gasteiger partial charge in [-0.05, 0) is 37.9 Å². The fourth-order valence-corrected chi connectivity index (χ4v) is 3.14. The molecule has 0 bridgehead atoms. The number of hydrogen-bond donors (Lipinski definition) is 1. The summed E-state index contributed by atoms with van der Waals surface area (Å²) in [4.78, 5) is 18.7. The predicted molar refractivity (Wildman–Crippen MR) is 96.0 cm³/mol. The van der Waals surface area contributed by atoms with Crippen molar-refractivity contribution in [3.63, 3.8) is 0 Å². The molecule has 0 saturated carbocycles. The van der Waals surface area contributed by atoms with Gasteiger partial charge in [0, 0.05) is 23.2 Å². The highest BCUT2D eigenvalue weighted by atomic mass is 32.1. The van der Waals surface area contributed by atoms with E-state index >= 15 is 0 Å². The summed E-state index contributed by atoms with van der Waals surface area (Å²) in [5.41, 5.74) is 3.70. The average molecular weight is 341 g/mol. The Bertz CT molecular complexity index is 792. The highest BCUT2D eigenvalue weighted by Crippen LogP contribution is 2.24. The van der Waals surface area contributed by atoms with E-state index in [1.807, 2.05) is 49.8 Å². The zero-order valence-electron chi connectivity index (χ0n) is 13.7. The normalized spacial score (nSPS) is 11.0. The number of carbonyl (C=O) groups excluding carboxylic acids is 1. The molecule has 0 radical (unpaired) electrons. The van der Waals surface area contributed by atoms with Crippen molar-refractivity contribution in [1.29, 1.82) is 0 Å². The summed E-state index contributed by atoms with van der Waals surface area (Å²) in [6, 6.07) is 9.76.